The molecule has 0 heterocycles. The average molecular weight is 424 g/mol. The van der Waals surface area contributed by atoms with Gasteiger partial charge < -0.3 is 24.3 Å². The Hall–Kier alpha value is -2.41. The molecule has 140 valence electrons. The highest BCUT2D eigenvalue weighted by Gasteiger charge is 2.16. The van der Waals surface area contributed by atoms with Crippen molar-refractivity contribution in [1.82, 2.24) is 5.32 Å². The SMILES string of the molecule is COc1ccc(CNC(=O)COc2ccc(Br)c(C)c2)c(OC)c1OC. The molecule has 26 heavy (non-hydrogen) atoms. The lowest BCUT2D eigenvalue weighted by atomic mass is 10.1. The third kappa shape index (κ3) is 4.82. The smallest absolute Gasteiger partial charge is 0.258 e. The normalized spacial score (nSPS) is 10.2. The van der Waals surface area contributed by atoms with Crippen molar-refractivity contribution in [3.05, 3.63) is 45.9 Å². The summed E-state index contributed by atoms with van der Waals surface area (Å²) in [6.07, 6.45) is 0. The van der Waals surface area contributed by atoms with Crippen LogP contribution in [-0.4, -0.2) is 33.8 Å². The standard InChI is InChI=1S/C19H22BrNO5/c1-12-9-14(6-7-15(12)20)26-11-17(22)21-10-13-5-8-16(23-2)19(25-4)18(13)24-3/h5-9H,10-11H2,1-4H3,(H,21,22). The molecule has 0 fully saturated rings. The molecule has 2 aromatic carbocycles. The summed E-state index contributed by atoms with van der Waals surface area (Å²) in [6, 6.07) is 9.15. The molecule has 0 aliphatic rings. The number of nitrogens with one attached hydrogen (secondary N) is 1. The third-order valence-electron chi connectivity index (χ3n) is 3.76. The minimum absolute atomic E-state index is 0.0727. The van der Waals surface area contributed by atoms with E-state index < -0.39 is 0 Å². The Kier molecular flexibility index (Phi) is 7.15. The van der Waals surface area contributed by atoms with Gasteiger partial charge in [-0.15, -0.1) is 0 Å². The van der Waals surface area contributed by atoms with Crippen LogP contribution in [-0.2, 0) is 11.3 Å². The van der Waals surface area contributed by atoms with Gasteiger partial charge in [-0.2, -0.15) is 0 Å². The number of methoxy groups -OCH3 is 3. The number of benzene rings is 2. The summed E-state index contributed by atoms with van der Waals surface area (Å²) in [7, 11) is 4.64. The molecule has 2 aromatic rings. The molecule has 7 heteroatoms. The number of carbonyl (C=O) groups excluding carboxylic acids is 1. The predicted octanol–water partition coefficient (Wildman–Crippen LogP) is 3.48. The number of amides is 1. The van der Waals surface area contributed by atoms with Crippen LogP contribution in [0.2, 0.25) is 0 Å². The average Bonchev–Trinajstić information content (AvgIpc) is 2.66. The monoisotopic (exact) mass is 423 g/mol. The number of hydrogen-bond donors (Lipinski definition) is 1. The minimum atomic E-state index is -0.234. The van der Waals surface area contributed by atoms with E-state index in [9.17, 15) is 4.79 Å². The van der Waals surface area contributed by atoms with Crippen LogP contribution in [0.1, 0.15) is 11.1 Å². The molecular formula is C19H22BrNO5. The Balaban J connectivity index is 1.97. The van der Waals surface area contributed by atoms with E-state index in [0.717, 1.165) is 15.6 Å². The molecule has 0 saturated carbocycles. The van der Waals surface area contributed by atoms with E-state index in [4.69, 9.17) is 18.9 Å². The van der Waals surface area contributed by atoms with Crippen LogP contribution in [0.3, 0.4) is 0 Å². The van der Waals surface area contributed by atoms with Crippen molar-refractivity contribution >= 4 is 21.8 Å². The van der Waals surface area contributed by atoms with E-state index in [1.807, 2.05) is 31.2 Å². The fourth-order valence-electron chi connectivity index (χ4n) is 2.40. The van der Waals surface area contributed by atoms with Gasteiger partial charge >= 0.3 is 0 Å². The molecule has 0 spiro atoms. The van der Waals surface area contributed by atoms with Crippen molar-refractivity contribution in [3.8, 4) is 23.0 Å². The zero-order valence-electron chi connectivity index (χ0n) is 15.2. The lowest BCUT2D eigenvalue weighted by Gasteiger charge is -2.16. The maximum Gasteiger partial charge on any atom is 0.258 e. The quantitative estimate of drug-likeness (QED) is 0.703. The van der Waals surface area contributed by atoms with Crippen LogP contribution in [0.5, 0.6) is 23.0 Å². The van der Waals surface area contributed by atoms with E-state index in [2.05, 4.69) is 21.2 Å². The molecule has 0 aromatic heterocycles. The molecule has 0 aliphatic carbocycles. The predicted molar refractivity (Wildman–Crippen MR) is 102 cm³/mol. The van der Waals surface area contributed by atoms with Crippen LogP contribution in [0.25, 0.3) is 0 Å². The molecule has 1 N–H and O–H groups in total. The summed E-state index contributed by atoms with van der Waals surface area (Å²) in [5.74, 6) is 1.99. The van der Waals surface area contributed by atoms with Gasteiger partial charge in [0.15, 0.2) is 18.1 Å². The molecule has 0 bridgehead atoms. The second-order valence-corrected chi connectivity index (χ2v) is 6.32. The molecule has 1 amide bonds. The van der Waals surface area contributed by atoms with Crippen LogP contribution < -0.4 is 24.3 Å². The van der Waals surface area contributed by atoms with Gasteiger partial charge in [0.25, 0.3) is 5.91 Å². The van der Waals surface area contributed by atoms with Gasteiger partial charge in [0.2, 0.25) is 5.75 Å². The van der Waals surface area contributed by atoms with Crippen molar-refractivity contribution in [1.29, 1.82) is 0 Å². The molecule has 0 radical (unpaired) electrons. The first-order valence-electron chi connectivity index (χ1n) is 7.93. The van der Waals surface area contributed by atoms with Crippen molar-refractivity contribution in [3.63, 3.8) is 0 Å². The Morgan fingerprint density at radius 3 is 2.38 bits per heavy atom. The van der Waals surface area contributed by atoms with Crippen molar-refractivity contribution < 1.29 is 23.7 Å². The fourth-order valence-corrected chi connectivity index (χ4v) is 2.65. The summed E-state index contributed by atoms with van der Waals surface area (Å²) in [6.45, 7) is 2.17. The van der Waals surface area contributed by atoms with Crippen LogP contribution in [0.4, 0.5) is 0 Å². The number of carbonyl (C=O) groups is 1. The molecule has 6 nitrogen and oxygen atoms in total. The first-order chi connectivity index (χ1) is 12.5. The van der Waals surface area contributed by atoms with Gasteiger partial charge in [0, 0.05) is 16.6 Å². The van der Waals surface area contributed by atoms with Crippen molar-refractivity contribution in [2.24, 2.45) is 0 Å². The molecule has 0 saturated heterocycles. The van der Waals surface area contributed by atoms with E-state index in [1.165, 1.54) is 7.11 Å². The lowest BCUT2D eigenvalue weighted by Crippen LogP contribution is -2.28. The largest absolute Gasteiger partial charge is 0.493 e. The van der Waals surface area contributed by atoms with Crippen LogP contribution in [0.15, 0.2) is 34.8 Å². The molecule has 0 atom stereocenters. The maximum absolute atomic E-state index is 12.1. The van der Waals surface area contributed by atoms with E-state index >= 15 is 0 Å². The molecule has 0 aliphatic heterocycles. The summed E-state index contributed by atoms with van der Waals surface area (Å²) >= 11 is 3.43. The Bertz CT molecular complexity index is 779. The zero-order valence-corrected chi connectivity index (χ0v) is 16.8. The molecular weight excluding hydrogens is 402 g/mol. The zero-order chi connectivity index (χ0) is 19.1. The molecule has 2 rings (SSSR count). The highest BCUT2D eigenvalue weighted by molar-refractivity contribution is 9.10. The Morgan fingerprint density at radius 2 is 1.77 bits per heavy atom. The van der Waals surface area contributed by atoms with Crippen LogP contribution >= 0.6 is 15.9 Å². The molecule has 0 unspecified atom stereocenters. The topological polar surface area (TPSA) is 66.0 Å². The number of aryl methyl sites for hydroxylation is 1. The summed E-state index contributed by atoms with van der Waals surface area (Å²) in [4.78, 5) is 12.1. The fraction of sp³-hybridized carbons (Fsp3) is 0.316. The van der Waals surface area contributed by atoms with Gasteiger partial charge in [0.05, 0.1) is 21.3 Å². The Labute approximate surface area is 161 Å². The van der Waals surface area contributed by atoms with Gasteiger partial charge in [0.1, 0.15) is 5.75 Å². The van der Waals surface area contributed by atoms with E-state index in [-0.39, 0.29) is 19.1 Å². The number of hydrogen-bond acceptors (Lipinski definition) is 5. The van der Waals surface area contributed by atoms with Gasteiger partial charge in [-0.25, -0.2) is 0 Å². The van der Waals surface area contributed by atoms with Crippen LogP contribution in [0, 0.1) is 6.92 Å². The first-order valence-corrected chi connectivity index (χ1v) is 8.73. The summed E-state index contributed by atoms with van der Waals surface area (Å²) in [5, 5.41) is 2.81. The highest BCUT2D eigenvalue weighted by atomic mass is 79.9. The Morgan fingerprint density at radius 1 is 1.04 bits per heavy atom. The second-order valence-electron chi connectivity index (χ2n) is 5.47. The number of rotatable bonds is 8. The minimum Gasteiger partial charge on any atom is -0.493 e. The van der Waals surface area contributed by atoms with E-state index in [0.29, 0.717) is 23.0 Å². The summed E-state index contributed by atoms with van der Waals surface area (Å²) in [5.41, 5.74) is 1.82. The maximum atomic E-state index is 12.1. The van der Waals surface area contributed by atoms with Crippen molar-refractivity contribution in [2.75, 3.05) is 27.9 Å². The van der Waals surface area contributed by atoms with Gasteiger partial charge in [-0.1, -0.05) is 15.9 Å². The highest BCUT2D eigenvalue weighted by Crippen LogP contribution is 2.39. The van der Waals surface area contributed by atoms with E-state index in [1.54, 1.807) is 20.3 Å². The third-order valence-corrected chi connectivity index (χ3v) is 4.65. The van der Waals surface area contributed by atoms with Crippen molar-refractivity contribution in [2.45, 2.75) is 13.5 Å². The summed E-state index contributed by atoms with van der Waals surface area (Å²) < 4.78 is 22.5. The first kappa shape index (κ1) is 19.9. The van der Waals surface area contributed by atoms with Gasteiger partial charge in [-0.3, -0.25) is 4.79 Å². The van der Waals surface area contributed by atoms with Gasteiger partial charge in [-0.05, 0) is 42.8 Å². The lowest BCUT2D eigenvalue weighted by molar-refractivity contribution is -0.123. The number of halogens is 1. The number of ether oxygens (including phenoxy) is 4. The second kappa shape index (κ2) is 9.33.